The van der Waals surface area contributed by atoms with Gasteiger partial charge in [-0.1, -0.05) is 40.9 Å². The number of halogens is 3. The zero-order valence-corrected chi connectivity index (χ0v) is 13.7. The van der Waals surface area contributed by atoms with Gasteiger partial charge in [-0.25, -0.2) is 0 Å². The van der Waals surface area contributed by atoms with Crippen molar-refractivity contribution in [2.45, 2.75) is 6.42 Å². The number of ketones is 1. The highest BCUT2D eigenvalue weighted by molar-refractivity contribution is 7.18. The number of hydrogen-bond donors (Lipinski definition) is 0. The summed E-state index contributed by atoms with van der Waals surface area (Å²) in [6, 6.07) is 8.16. The van der Waals surface area contributed by atoms with Crippen molar-refractivity contribution in [3.63, 3.8) is 0 Å². The molecular formula is C14H9Cl3O3S. The summed E-state index contributed by atoms with van der Waals surface area (Å²) in [5, 5.41) is 0.770. The molecule has 1 aromatic carbocycles. The largest absolute Gasteiger partial charge is 0.457 e. The number of rotatable bonds is 5. The Kier molecular flexibility index (Phi) is 5.65. The topological polar surface area (TPSA) is 43.4 Å². The van der Waals surface area contributed by atoms with Crippen molar-refractivity contribution in [2.24, 2.45) is 0 Å². The molecule has 2 rings (SSSR count). The fourth-order valence-corrected chi connectivity index (χ4v) is 3.08. The summed E-state index contributed by atoms with van der Waals surface area (Å²) < 4.78 is 5.45. The van der Waals surface area contributed by atoms with Gasteiger partial charge in [0.2, 0.25) is 5.78 Å². The van der Waals surface area contributed by atoms with Gasteiger partial charge in [0.05, 0.1) is 15.6 Å². The molecule has 0 unspecified atom stereocenters. The summed E-state index contributed by atoms with van der Waals surface area (Å²) >= 11 is 18.8. The molecule has 0 aliphatic carbocycles. The summed E-state index contributed by atoms with van der Waals surface area (Å²) in [6.45, 7) is -0.336. The lowest BCUT2D eigenvalue weighted by atomic mass is 10.1. The molecule has 1 heterocycles. The fraction of sp³-hybridized carbons (Fsp3) is 0.143. The van der Waals surface area contributed by atoms with Crippen molar-refractivity contribution >= 4 is 57.9 Å². The number of carbonyl (C=O) groups excluding carboxylic acids is 2. The minimum atomic E-state index is -0.569. The third-order valence-corrected chi connectivity index (χ3v) is 4.58. The van der Waals surface area contributed by atoms with Crippen LogP contribution in [0, 0.1) is 0 Å². The van der Waals surface area contributed by atoms with Crippen LogP contribution in [0.3, 0.4) is 0 Å². The maximum absolute atomic E-state index is 11.8. The zero-order valence-electron chi connectivity index (χ0n) is 10.6. The predicted octanol–water partition coefficient (Wildman–Crippen LogP) is 4.68. The van der Waals surface area contributed by atoms with Crippen molar-refractivity contribution in [2.75, 3.05) is 6.61 Å². The van der Waals surface area contributed by atoms with Crippen LogP contribution in [0.1, 0.15) is 15.2 Å². The van der Waals surface area contributed by atoms with Crippen molar-refractivity contribution in [3.05, 3.63) is 55.2 Å². The molecule has 0 aliphatic heterocycles. The summed E-state index contributed by atoms with van der Waals surface area (Å²) in [5.41, 5.74) is 0.484. The van der Waals surface area contributed by atoms with Crippen molar-refractivity contribution in [1.29, 1.82) is 0 Å². The Morgan fingerprint density at radius 1 is 1.05 bits per heavy atom. The van der Waals surface area contributed by atoms with E-state index in [1.807, 2.05) is 0 Å². The predicted molar refractivity (Wildman–Crippen MR) is 84.8 cm³/mol. The molecular weight excluding hydrogens is 355 g/mol. The minimum Gasteiger partial charge on any atom is -0.457 e. The number of esters is 1. The van der Waals surface area contributed by atoms with E-state index in [1.54, 1.807) is 30.3 Å². The summed E-state index contributed by atoms with van der Waals surface area (Å²) in [4.78, 5) is 24.0. The minimum absolute atomic E-state index is 0.0863. The first-order valence-electron chi connectivity index (χ1n) is 5.84. The Morgan fingerprint density at radius 2 is 1.71 bits per heavy atom. The molecule has 110 valence electrons. The Balaban J connectivity index is 1.92. The number of carbonyl (C=O) groups is 2. The van der Waals surface area contributed by atoms with Gasteiger partial charge in [-0.05, 0) is 24.3 Å². The first-order chi connectivity index (χ1) is 9.97. The number of ether oxygens (including phenoxy) is 1. The van der Waals surface area contributed by atoms with Gasteiger partial charge >= 0.3 is 5.97 Å². The zero-order chi connectivity index (χ0) is 15.4. The Labute approximate surface area is 140 Å². The smallest absolute Gasteiger partial charge is 0.310 e. The first kappa shape index (κ1) is 16.3. The van der Waals surface area contributed by atoms with Gasteiger partial charge in [-0.3, -0.25) is 9.59 Å². The second-order valence-corrected chi connectivity index (χ2v) is 6.59. The van der Waals surface area contributed by atoms with E-state index in [1.165, 1.54) is 0 Å². The van der Waals surface area contributed by atoms with Crippen LogP contribution in [-0.4, -0.2) is 18.4 Å². The molecule has 0 saturated carbocycles. The number of thiophene rings is 1. The molecule has 3 nitrogen and oxygen atoms in total. The van der Waals surface area contributed by atoms with E-state index >= 15 is 0 Å². The highest BCUT2D eigenvalue weighted by atomic mass is 35.5. The Hall–Kier alpha value is -1.07. The van der Waals surface area contributed by atoms with Gasteiger partial charge in [0.1, 0.15) is 0 Å². The molecule has 0 atom stereocenters. The van der Waals surface area contributed by atoms with Crippen molar-refractivity contribution < 1.29 is 14.3 Å². The van der Waals surface area contributed by atoms with Crippen LogP contribution >= 0.6 is 46.1 Å². The maximum atomic E-state index is 11.8. The molecule has 0 aliphatic rings. The number of hydrogen-bond acceptors (Lipinski definition) is 4. The van der Waals surface area contributed by atoms with Gasteiger partial charge in [-0.15, -0.1) is 11.3 Å². The Bertz CT molecular complexity index is 662. The normalized spacial score (nSPS) is 10.4. The van der Waals surface area contributed by atoms with Crippen LogP contribution in [0.5, 0.6) is 0 Å². The van der Waals surface area contributed by atoms with Crippen LogP contribution < -0.4 is 0 Å². The van der Waals surface area contributed by atoms with Crippen LogP contribution in [0.25, 0.3) is 0 Å². The Morgan fingerprint density at radius 3 is 2.29 bits per heavy atom. The monoisotopic (exact) mass is 362 g/mol. The molecule has 0 bridgehead atoms. The summed E-state index contributed by atoms with van der Waals surface area (Å²) in [7, 11) is 0. The number of Topliss-reactive ketones (excluding diaryl/α,β-unsaturated/α-hetero) is 1. The SMILES string of the molecule is O=C(Cc1c(Cl)cccc1Cl)OCC(=O)c1ccc(Cl)s1. The lowest BCUT2D eigenvalue weighted by Crippen LogP contribution is -2.15. The molecule has 1 aromatic heterocycles. The first-order valence-corrected chi connectivity index (χ1v) is 7.79. The fourth-order valence-electron chi connectivity index (χ4n) is 1.58. The highest BCUT2D eigenvalue weighted by Gasteiger charge is 2.15. The average molecular weight is 364 g/mol. The van der Waals surface area contributed by atoms with Gasteiger partial charge in [0.25, 0.3) is 0 Å². The van der Waals surface area contributed by atoms with Gasteiger partial charge in [0, 0.05) is 15.6 Å². The molecule has 0 amide bonds. The third kappa shape index (κ3) is 4.45. The van der Waals surface area contributed by atoms with Crippen LogP contribution in [0.2, 0.25) is 14.4 Å². The summed E-state index contributed by atoms with van der Waals surface area (Å²) in [6.07, 6.45) is -0.0863. The highest BCUT2D eigenvalue weighted by Crippen LogP contribution is 2.25. The van der Waals surface area contributed by atoms with Gasteiger partial charge in [-0.2, -0.15) is 0 Å². The molecule has 0 N–H and O–H groups in total. The summed E-state index contributed by atoms with van der Waals surface area (Å²) in [5.74, 6) is -0.869. The van der Waals surface area contributed by atoms with E-state index in [9.17, 15) is 9.59 Å². The van der Waals surface area contributed by atoms with Crippen molar-refractivity contribution in [3.8, 4) is 0 Å². The standard InChI is InChI=1S/C14H9Cl3O3S/c15-9-2-1-3-10(16)8(9)6-14(19)20-7-11(18)12-4-5-13(17)21-12/h1-5H,6-7H2. The van der Waals surface area contributed by atoms with E-state index in [2.05, 4.69) is 0 Å². The van der Waals surface area contributed by atoms with E-state index in [0.717, 1.165) is 11.3 Å². The molecule has 21 heavy (non-hydrogen) atoms. The van der Waals surface area contributed by atoms with E-state index in [4.69, 9.17) is 39.5 Å². The second-order valence-electron chi connectivity index (χ2n) is 4.06. The van der Waals surface area contributed by atoms with E-state index in [0.29, 0.717) is 24.8 Å². The quantitative estimate of drug-likeness (QED) is 0.572. The van der Waals surface area contributed by atoms with Gasteiger partial charge in [0.15, 0.2) is 6.61 Å². The molecule has 7 heteroatoms. The van der Waals surface area contributed by atoms with Crippen LogP contribution in [-0.2, 0) is 16.0 Å². The van der Waals surface area contributed by atoms with Gasteiger partial charge < -0.3 is 4.74 Å². The number of benzene rings is 1. The lowest BCUT2D eigenvalue weighted by molar-refractivity contribution is -0.141. The third-order valence-electron chi connectivity index (χ3n) is 2.60. The molecule has 0 fully saturated rings. The van der Waals surface area contributed by atoms with Crippen LogP contribution in [0.4, 0.5) is 0 Å². The van der Waals surface area contributed by atoms with E-state index in [-0.39, 0.29) is 18.8 Å². The molecule has 2 aromatic rings. The molecule has 0 spiro atoms. The van der Waals surface area contributed by atoms with Crippen LogP contribution in [0.15, 0.2) is 30.3 Å². The lowest BCUT2D eigenvalue weighted by Gasteiger charge is -2.07. The molecule has 0 radical (unpaired) electrons. The second kappa shape index (κ2) is 7.27. The maximum Gasteiger partial charge on any atom is 0.310 e. The molecule has 0 saturated heterocycles. The average Bonchev–Trinajstić information content (AvgIpc) is 2.87. The van der Waals surface area contributed by atoms with Crippen molar-refractivity contribution in [1.82, 2.24) is 0 Å². The van der Waals surface area contributed by atoms with E-state index < -0.39 is 5.97 Å².